The molecule has 0 aliphatic heterocycles. The number of hydrogen-bond donors (Lipinski definition) is 2. The standard InChI is InChI=1S/C37H27ClF7N3O4/c1-20(46)47-35(50)31(16-21-2-4-22(5-3-21)25-8-13-30(39)29(38)18-25)48-34(49)28-17-24(23-6-10-26(11-7-23)36(40,41)42)9-14-32(28)51-19-27-12-15-33(52-27)37(43,44)45/h2-15,17-18,31H,16,19H2,1H3,(H,48,49)(H2,46,47,50)/p+1/t31-/m1/s1. The third-order valence-corrected chi connectivity index (χ3v) is 7.94. The van der Waals surface area contributed by atoms with Crippen LogP contribution in [0.3, 0.4) is 0 Å². The molecule has 5 aromatic rings. The molecule has 0 saturated carbocycles. The number of amides is 1. The number of alkyl halides is 6. The van der Waals surface area contributed by atoms with Gasteiger partial charge in [0.15, 0.2) is 6.04 Å². The first-order chi connectivity index (χ1) is 24.5. The smallest absolute Gasteiger partial charge is 0.449 e. The zero-order chi connectivity index (χ0) is 37.8. The van der Waals surface area contributed by atoms with E-state index in [2.05, 4.69) is 10.3 Å². The molecule has 1 aromatic heterocycles. The minimum absolute atomic E-state index is 0.0210. The van der Waals surface area contributed by atoms with Crippen LogP contribution in [0.2, 0.25) is 5.02 Å². The van der Waals surface area contributed by atoms with Crippen LogP contribution < -0.4 is 10.1 Å². The SMILES string of the molecule is CC(=N)N=C([OH2+])[C@@H](Cc1ccc(-c2ccc(F)c(Cl)c2)cc1)NC(=O)c1cc(-c2ccc(C(F)(F)F)cc2)ccc1OCc1ccc(C(F)(F)F)o1. The molecule has 4 aromatic carbocycles. The van der Waals surface area contributed by atoms with Gasteiger partial charge in [-0.25, -0.2) is 4.39 Å². The minimum Gasteiger partial charge on any atom is -0.580 e. The molecule has 7 nitrogen and oxygen atoms in total. The number of aliphatic imine (C=N–C) groups is 1. The maximum Gasteiger partial charge on any atom is 0.449 e. The van der Waals surface area contributed by atoms with Crippen molar-refractivity contribution in [2.24, 2.45) is 4.99 Å². The molecule has 15 heteroatoms. The number of ether oxygens (including phenoxy) is 1. The van der Waals surface area contributed by atoms with Crippen molar-refractivity contribution in [3.8, 4) is 28.0 Å². The van der Waals surface area contributed by atoms with Gasteiger partial charge in [-0.2, -0.15) is 31.3 Å². The number of nitrogens with zero attached hydrogens (tertiary/aromatic N) is 1. The minimum atomic E-state index is -4.74. The van der Waals surface area contributed by atoms with E-state index in [9.17, 15) is 35.5 Å². The lowest BCUT2D eigenvalue weighted by Gasteiger charge is -2.18. The molecule has 0 unspecified atom stereocenters. The number of halogens is 8. The van der Waals surface area contributed by atoms with Crippen molar-refractivity contribution in [3.63, 3.8) is 0 Å². The molecule has 0 radical (unpaired) electrons. The van der Waals surface area contributed by atoms with Crippen LogP contribution in [-0.4, -0.2) is 28.8 Å². The van der Waals surface area contributed by atoms with E-state index in [0.29, 0.717) is 27.8 Å². The summed E-state index contributed by atoms with van der Waals surface area (Å²) in [6, 6.07) is 20.2. The molecule has 1 heterocycles. The molecule has 0 aliphatic rings. The first kappa shape index (κ1) is 37.6. The summed E-state index contributed by atoms with van der Waals surface area (Å²) in [6.07, 6.45) is -9.29. The molecule has 0 bridgehead atoms. The summed E-state index contributed by atoms with van der Waals surface area (Å²) in [5, 5.41) is 19.0. The lowest BCUT2D eigenvalue weighted by Crippen LogP contribution is -2.42. The summed E-state index contributed by atoms with van der Waals surface area (Å²) in [4.78, 5) is 17.8. The Kier molecular flexibility index (Phi) is 11.1. The maximum atomic E-state index is 13.9. The van der Waals surface area contributed by atoms with Gasteiger partial charge in [0.25, 0.3) is 5.91 Å². The third-order valence-electron chi connectivity index (χ3n) is 7.65. The molecule has 0 fully saturated rings. The number of hydrogen-bond acceptors (Lipinski definition) is 4. The molecule has 52 heavy (non-hydrogen) atoms. The Balaban J connectivity index is 1.45. The first-order valence-electron chi connectivity index (χ1n) is 15.3. The molecule has 0 aliphatic carbocycles. The molecule has 1 atom stereocenters. The van der Waals surface area contributed by atoms with E-state index in [1.165, 1.54) is 49.4 Å². The molecule has 5 rings (SSSR count). The van der Waals surface area contributed by atoms with E-state index in [1.54, 1.807) is 30.3 Å². The second kappa shape index (κ2) is 15.3. The van der Waals surface area contributed by atoms with E-state index < -0.39 is 48.0 Å². The van der Waals surface area contributed by atoms with Crippen LogP contribution in [0.25, 0.3) is 22.3 Å². The molecule has 1 amide bonds. The number of rotatable bonds is 10. The van der Waals surface area contributed by atoms with Gasteiger partial charge in [-0.1, -0.05) is 60.1 Å². The average Bonchev–Trinajstić information content (AvgIpc) is 3.58. The van der Waals surface area contributed by atoms with Crippen LogP contribution in [-0.2, 0) is 25.4 Å². The van der Waals surface area contributed by atoms with Gasteiger partial charge in [0.1, 0.15) is 29.8 Å². The molecule has 0 spiro atoms. The lowest BCUT2D eigenvalue weighted by atomic mass is 9.99. The largest absolute Gasteiger partial charge is 0.580 e. The van der Waals surface area contributed by atoms with Gasteiger partial charge in [-0.3, -0.25) is 10.2 Å². The molecule has 270 valence electrons. The number of furan rings is 1. The van der Waals surface area contributed by atoms with Gasteiger partial charge in [0, 0.05) is 6.42 Å². The van der Waals surface area contributed by atoms with Gasteiger partial charge in [-0.05, 0) is 83.3 Å². The highest BCUT2D eigenvalue weighted by atomic mass is 35.5. The summed E-state index contributed by atoms with van der Waals surface area (Å²) in [7, 11) is 0. The second-order valence-electron chi connectivity index (χ2n) is 11.5. The second-order valence-corrected chi connectivity index (χ2v) is 11.9. The zero-order valence-electron chi connectivity index (χ0n) is 26.9. The summed E-state index contributed by atoms with van der Waals surface area (Å²) in [6.45, 7) is 0.831. The maximum absolute atomic E-state index is 13.9. The van der Waals surface area contributed by atoms with E-state index >= 15 is 0 Å². The fraction of sp³-hybridized carbons (Fsp3) is 0.162. The fourth-order valence-corrected chi connectivity index (χ4v) is 5.26. The third kappa shape index (κ3) is 9.37. The monoisotopic (exact) mass is 746 g/mol. The Morgan fingerprint density at radius 3 is 2.04 bits per heavy atom. The highest BCUT2D eigenvalue weighted by molar-refractivity contribution is 6.31. The van der Waals surface area contributed by atoms with Gasteiger partial charge in [0.2, 0.25) is 5.76 Å². The normalized spacial score (nSPS) is 12.8. The van der Waals surface area contributed by atoms with Gasteiger partial charge in [0.05, 0.1) is 16.1 Å². The van der Waals surface area contributed by atoms with Crippen molar-refractivity contribution < 1.29 is 49.8 Å². The quantitative estimate of drug-likeness (QED) is 0.0643. The Morgan fingerprint density at radius 1 is 0.865 bits per heavy atom. The summed E-state index contributed by atoms with van der Waals surface area (Å²) < 4.78 is 103. The summed E-state index contributed by atoms with van der Waals surface area (Å²) >= 11 is 5.92. The predicted molar refractivity (Wildman–Crippen MR) is 181 cm³/mol. The summed E-state index contributed by atoms with van der Waals surface area (Å²) in [5.41, 5.74) is 1.58. The van der Waals surface area contributed by atoms with E-state index in [1.807, 2.05) is 0 Å². The molecular formula is C37H28ClF7N3O4+. The van der Waals surface area contributed by atoms with Crippen LogP contribution in [0.15, 0.2) is 106 Å². The topological polar surface area (TPSA) is 111 Å². The van der Waals surface area contributed by atoms with Crippen molar-refractivity contribution in [2.45, 2.75) is 38.3 Å². The van der Waals surface area contributed by atoms with Crippen LogP contribution in [0.5, 0.6) is 5.75 Å². The number of carbonyl (C=O) groups excluding carboxylic acids is 1. The number of carbonyl (C=O) groups is 1. The van der Waals surface area contributed by atoms with Crippen molar-refractivity contribution >= 4 is 29.2 Å². The molecule has 0 saturated heterocycles. The van der Waals surface area contributed by atoms with Crippen molar-refractivity contribution in [1.29, 1.82) is 5.41 Å². The number of nitrogens with one attached hydrogen (secondary N) is 2. The summed E-state index contributed by atoms with van der Waals surface area (Å²) in [5.74, 6) is -3.51. The Hall–Kier alpha value is -5.63. The van der Waals surface area contributed by atoms with Crippen LogP contribution in [0.4, 0.5) is 30.7 Å². The number of amidine groups is 1. The van der Waals surface area contributed by atoms with Crippen molar-refractivity contribution in [3.05, 3.63) is 136 Å². The van der Waals surface area contributed by atoms with Crippen LogP contribution in [0.1, 0.15) is 39.9 Å². The Labute approximate surface area is 296 Å². The number of benzene rings is 4. The highest BCUT2D eigenvalue weighted by Gasteiger charge is 2.35. The van der Waals surface area contributed by atoms with Gasteiger partial charge >= 0.3 is 18.3 Å². The fourth-order valence-electron chi connectivity index (χ4n) is 5.08. The van der Waals surface area contributed by atoms with Gasteiger partial charge in [-0.15, -0.1) is 0 Å². The predicted octanol–water partition coefficient (Wildman–Crippen LogP) is 9.48. The van der Waals surface area contributed by atoms with E-state index in [0.717, 1.165) is 24.3 Å². The van der Waals surface area contributed by atoms with Gasteiger partial charge < -0.3 is 19.6 Å². The molecule has 4 N–H and O–H groups in total. The average molecular weight is 747 g/mol. The van der Waals surface area contributed by atoms with E-state index in [4.69, 9.17) is 31.3 Å². The van der Waals surface area contributed by atoms with Crippen molar-refractivity contribution in [2.75, 3.05) is 0 Å². The molecular weight excluding hydrogens is 719 g/mol. The van der Waals surface area contributed by atoms with Crippen LogP contribution >= 0.6 is 11.6 Å². The van der Waals surface area contributed by atoms with Crippen molar-refractivity contribution in [1.82, 2.24) is 5.32 Å². The first-order valence-corrected chi connectivity index (χ1v) is 15.7. The van der Waals surface area contributed by atoms with Crippen LogP contribution in [0, 0.1) is 11.2 Å². The lowest BCUT2D eigenvalue weighted by molar-refractivity contribution is -0.153. The Bertz CT molecular complexity index is 2110. The van der Waals surface area contributed by atoms with E-state index in [-0.39, 0.29) is 40.3 Å². The zero-order valence-corrected chi connectivity index (χ0v) is 27.7. The Morgan fingerprint density at radius 2 is 1.46 bits per heavy atom. The highest BCUT2D eigenvalue weighted by Crippen LogP contribution is 2.34.